The number of carbonyl (C=O) groups excluding carboxylic acids is 3. The summed E-state index contributed by atoms with van der Waals surface area (Å²) in [6.45, 7) is 3.28. The first-order valence-electron chi connectivity index (χ1n) is 9.51. The number of amides is 4. The Morgan fingerprint density at radius 1 is 1.26 bits per heavy atom. The standard InChI is InChI=1S/C20H27N3O4/c1-3-14-8-4-5-9-15(14)12-21-16(24)19(2,27)13-23-17(25)20(22-18(23)26)10-6-7-11-20/h4-5,8-9,27H,3,6-7,10-13H2,1-2H3,(H,21,24)(H,22,26)/t19-/m1/s1. The van der Waals surface area contributed by atoms with Gasteiger partial charge in [-0.2, -0.15) is 0 Å². The Morgan fingerprint density at radius 2 is 1.89 bits per heavy atom. The molecule has 1 aliphatic carbocycles. The van der Waals surface area contributed by atoms with Crippen molar-refractivity contribution in [3.05, 3.63) is 35.4 Å². The molecule has 0 bridgehead atoms. The second kappa shape index (κ2) is 7.31. The van der Waals surface area contributed by atoms with E-state index in [2.05, 4.69) is 10.6 Å². The molecule has 1 aliphatic heterocycles. The van der Waals surface area contributed by atoms with E-state index >= 15 is 0 Å². The van der Waals surface area contributed by atoms with E-state index in [4.69, 9.17) is 0 Å². The molecule has 146 valence electrons. The van der Waals surface area contributed by atoms with Crippen molar-refractivity contribution in [2.45, 2.75) is 63.6 Å². The van der Waals surface area contributed by atoms with Gasteiger partial charge in [-0.05, 0) is 37.3 Å². The summed E-state index contributed by atoms with van der Waals surface area (Å²) < 4.78 is 0. The minimum atomic E-state index is -1.86. The molecule has 1 saturated carbocycles. The molecule has 3 N–H and O–H groups in total. The quantitative estimate of drug-likeness (QED) is 0.658. The van der Waals surface area contributed by atoms with Gasteiger partial charge in [-0.25, -0.2) is 4.79 Å². The molecule has 0 radical (unpaired) electrons. The van der Waals surface area contributed by atoms with Crippen molar-refractivity contribution in [1.29, 1.82) is 0 Å². The van der Waals surface area contributed by atoms with Crippen LogP contribution in [0.2, 0.25) is 0 Å². The molecule has 0 unspecified atom stereocenters. The minimum Gasteiger partial charge on any atom is -0.378 e. The van der Waals surface area contributed by atoms with E-state index in [0.29, 0.717) is 12.8 Å². The average molecular weight is 373 g/mol. The summed E-state index contributed by atoms with van der Waals surface area (Å²) in [5.74, 6) is -0.948. The summed E-state index contributed by atoms with van der Waals surface area (Å²) in [6.07, 6.45) is 3.82. The molecule has 1 atom stereocenters. The van der Waals surface area contributed by atoms with Crippen molar-refractivity contribution in [3.8, 4) is 0 Å². The van der Waals surface area contributed by atoms with Crippen molar-refractivity contribution in [2.75, 3.05) is 6.54 Å². The maximum Gasteiger partial charge on any atom is 0.325 e. The molecule has 4 amide bonds. The molecule has 1 saturated heterocycles. The van der Waals surface area contributed by atoms with E-state index in [1.54, 1.807) is 0 Å². The van der Waals surface area contributed by atoms with E-state index in [1.165, 1.54) is 6.92 Å². The number of carbonyl (C=O) groups is 3. The summed E-state index contributed by atoms with van der Waals surface area (Å²) in [5.41, 5.74) is -0.610. The monoisotopic (exact) mass is 373 g/mol. The van der Waals surface area contributed by atoms with Crippen LogP contribution in [0.4, 0.5) is 4.79 Å². The Labute approximate surface area is 159 Å². The molecule has 1 aromatic rings. The Hall–Kier alpha value is -2.41. The van der Waals surface area contributed by atoms with Crippen molar-refractivity contribution >= 4 is 17.8 Å². The van der Waals surface area contributed by atoms with Crippen LogP contribution in [0.1, 0.15) is 50.7 Å². The van der Waals surface area contributed by atoms with E-state index in [1.807, 2.05) is 31.2 Å². The molecule has 27 heavy (non-hydrogen) atoms. The van der Waals surface area contributed by atoms with Crippen molar-refractivity contribution in [2.24, 2.45) is 0 Å². The third-order valence-corrected chi connectivity index (χ3v) is 5.60. The van der Waals surface area contributed by atoms with Crippen molar-refractivity contribution < 1.29 is 19.5 Å². The fourth-order valence-corrected chi connectivity index (χ4v) is 3.96. The van der Waals surface area contributed by atoms with Crippen LogP contribution in [0.15, 0.2) is 24.3 Å². The number of imide groups is 1. The molecule has 2 aliphatic rings. The normalized spacial score (nSPS) is 20.6. The number of benzene rings is 1. The van der Waals surface area contributed by atoms with Crippen LogP contribution in [0.3, 0.4) is 0 Å². The first kappa shape index (κ1) is 19.4. The second-order valence-corrected chi connectivity index (χ2v) is 7.69. The van der Waals surface area contributed by atoms with Crippen LogP contribution in [-0.2, 0) is 22.6 Å². The molecule has 3 rings (SSSR count). The number of rotatable bonds is 6. The molecular formula is C20H27N3O4. The van der Waals surface area contributed by atoms with Gasteiger partial charge in [0.15, 0.2) is 5.60 Å². The minimum absolute atomic E-state index is 0.281. The van der Waals surface area contributed by atoms with Gasteiger partial charge in [-0.15, -0.1) is 0 Å². The molecule has 7 heteroatoms. The van der Waals surface area contributed by atoms with Gasteiger partial charge in [0, 0.05) is 6.54 Å². The van der Waals surface area contributed by atoms with Gasteiger partial charge in [0.05, 0.1) is 6.54 Å². The topological polar surface area (TPSA) is 98.7 Å². The first-order valence-corrected chi connectivity index (χ1v) is 9.51. The van der Waals surface area contributed by atoms with Gasteiger partial charge in [-0.1, -0.05) is 44.0 Å². The van der Waals surface area contributed by atoms with Crippen LogP contribution < -0.4 is 10.6 Å². The largest absolute Gasteiger partial charge is 0.378 e. The Balaban J connectivity index is 1.64. The highest BCUT2D eigenvalue weighted by Crippen LogP contribution is 2.35. The Kier molecular flexibility index (Phi) is 5.24. The third kappa shape index (κ3) is 3.69. The number of aliphatic hydroxyl groups is 1. The average Bonchev–Trinajstić information content (AvgIpc) is 3.20. The molecule has 7 nitrogen and oxygen atoms in total. The zero-order chi connectivity index (χ0) is 19.7. The number of nitrogens with zero attached hydrogens (tertiary/aromatic N) is 1. The molecule has 0 aromatic heterocycles. The van der Waals surface area contributed by atoms with Gasteiger partial charge in [0.25, 0.3) is 11.8 Å². The van der Waals surface area contributed by atoms with E-state index < -0.39 is 23.1 Å². The van der Waals surface area contributed by atoms with Gasteiger partial charge in [0.1, 0.15) is 5.54 Å². The number of hydrogen-bond acceptors (Lipinski definition) is 4. The lowest BCUT2D eigenvalue weighted by atomic mass is 9.97. The number of urea groups is 1. The lowest BCUT2D eigenvalue weighted by Crippen LogP contribution is -2.54. The number of β-amino-alcohol motifs (C(OH)–C–C–N with tert-alkyl or cyclic N) is 1. The fraction of sp³-hybridized carbons (Fsp3) is 0.550. The lowest BCUT2D eigenvalue weighted by molar-refractivity contribution is -0.142. The third-order valence-electron chi connectivity index (χ3n) is 5.60. The molecule has 1 spiro atoms. The van der Waals surface area contributed by atoms with E-state index in [-0.39, 0.29) is 19.0 Å². The van der Waals surface area contributed by atoms with E-state index in [0.717, 1.165) is 35.3 Å². The predicted octanol–water partition coefficient (Wildman–Crippen LogP) is 1.48. The van der Waals surface area contributed by atoms with E-state index in [9.17, 15) is 19.5 Å². The first-order chi connectivity index (χ1) is 12.8. The van der Waals surface area contributed by atoms with Gasteiger partial charge < -0.3 is 15.7 Å². The van der Waals surface area contributed by atoms with Crippen LogP contribution in [-0.4, -0.2) is 45.5 Å². The van der Waals surface area contributed by atoms with Gasteiger partial charge >= 0.3 is 6.03 Å². The highest BCUT2D eigenvalue weighted by atomic mass is 16.3. The molecular weight excluding hydrogens is 346 g/mol. The van der Waals surface area contributed by atoms with Crippen LogP contribution in [0.25, 0.3) is 0 Å². The summed E-state index contributed by atoms with van der Waals surface area (Å²) in [6, 6.07) is 7.22. The van der Waals surface area contributed by atoms with Crippen molar-refractivity contribution in [3.63, 3.8) is 0 Å². The van der Waals surface area contributed by atoms with Crippen LogP contribution in [0.5, 0.6) is 0 Å². The molecule has 1 heterocycles. The summed E-state index contributed by atoms with van der Waals surface area (Å²) >= 11 is 0. The smallest absolute Gasteiger partial charge is 0.325 e. The Bertz CT molecular complexity index is 753. The van der Waals surface area contributed by atoms with Crippen LogP contribution >= 0.6 is 0 Å². The number of nitrogens with one attached hydrogen (secondary N) is 2. The number of hydrogen-bond donors (Lipinski definition) is 3. The highest BCUT2D eigenvalue weighted by Gasteiger charge is 2.54. The SMILES string of the molecule is CCc1ccccc1CNC(=O)[C@](C)(O)CN1C(=O)NC2(CCCC2)C1=O. The Morgan fingerprint density at radius 3 is 2.52 bits per heavy atom. The maximum absolute atomic E-state index is 12.7. The maximum atomic E-state index is 12.7. The highest BCUT2D eigenvalue weighted by molar-refractivity contribution is 6.07. The second-order valence-electron chi connectivity index (χ2n) is 7.69. The fourth-order valence-electron chi connectivity index (χ4n) is 3.96. The van der Waals surface area contributed by atoms with Gasteiger partial charge in [0.2, 0.25) is 0 Å². The summed E-state index contributed by atoms with van der Waals surface area (Å²) in [5, 5.41) is 16.1. The summed E-state index contributed by atoms with van der Waals surface area (Å²) in [4.78, 5) is 38.5. The lowest BCUT2D eigenvalue weighted by Gasteiger charge is -2.27. The number of aryl methyl sites for hydroxylation is 1. The van der Waals surface area contributed by atoms with Crippen molar-refractivity contribution in [1.82, 2.24) is 15.5 Å². The van der Waals surface area contributed by atoms with Gasteiger partial charge in [-0.3, -0.25) is 14.5 Å². The zero-order valence-electron chi connectivity index (χ0n) is 15.9. The molecule has 1 aromatic carbocycles. The van der Waals surface area contributed by atoms with Crippen LogP contribution in [0, 0.1) is 0 Å². The summed E-state index contributed by atoms with van der Waals surface area (Å²) in [7, 11) is 0. The predicted molar refractivity (Wildman–Crippen MR) is 99.7 cm³/mol. The molecule has 2 fully saturated rings. The zero-order valence-corrected chi connectivity index (χ0v) is 15.9.